The normalized spacial score (nSPS) is 20.1. The van der Waals surface area contributed by atoms with E-state index in [0.29, 0.717) is 6.04 Å². The van der Waals surface area contributed by atoms with Crippen LogP contribution in [0, 0.1) is 0 Å². The van der Waals surface area contributed by atoms with E-state index >= 15 is 0 Å². The number of hydrogen-bond acceptors (Lipinski definition) is 4. The van der Waals surface area contributed by atoms with Crippen LogP contribution in [0.25, 0.3) is 0 Å². The number of nitrogens with two attached hydrogens (primary N) is 2. The summed E-state index contributed by atoms with van der Waals surface area (Å²) in [6, 6.07) is 0.688. The fourth-order valence-electron chi connectivity index (χ4n) is 1.86. The average Bonchev–Trinajstić information content (AvgIpc) is 2.21. The Bertz CT molecular complexity index is 132. The van der Waals surface area contributed by atoms with Crippen LogP contribution >= 0.6 is 0 Å². The second kappa shape index (κ2) is 7.17. The third-order valence-electron chi connectivity index (χ3n) is 2.84. The van der Waals surface area contributed by atoms with Crippen molar-refractivity contribution in [1.82, 2.24) is 10.3 Å². The van der Waals surface area contributed by atoms with E-state index in [9.17, 15) is 0 Å². The summed E-state index contributed by atoms with van der Waals surface area (Å²) in [6.07, 6.45) is 6.03. The summed E-state index contributed by atoms with van der Waals surface area (Å²) in [6.45, 7) is 4.02. The standard InChI is InChI=1S/C10H24N4/c11-6-2-1-3-7-13-10-4-8-14(12)9-5-10/h10,13H,1-9,11-12H2. The highest BCUT2D eigenvalue weighted by atomic mass is 15.4. The highest BCUT2D eigenvalue weighted by molar-refractivity contribution is 4.74. The van der Waals surface area contributed by atoms with Crippen LogP contribution < -0.4 is 16.9 Å². The van der Waals surface area contributed by atoms with Gasteiger partial charge < -0.3 is 11.1 Å². The van der Waals surface area contributed by atoms with Crippen LogP contribution in [-0.2, 0) is 0 Å². The van der Waals surface area contributed by atoms with E-state index in [0.717, 1.165) is 32.6 Å². The highest BCUT2D eigenvalue weighted by Gasteiger charge is 2.15. The summed E-state index contributed by atoms with van der Waals surface area (Å²) < 4.78 is 0. The lowest BCUT2D eigenvalue weighted by Crippen LogP contribution is -2.45. The zero-order valence-corrected chi connectivity index (χ0v) is 9.04. The smallest absolute Gasteiger partial charge is 0.0143 e. The number of nitrogens with one attached hydrogen (secondary N) is 1. The zero-order chi connectivity index (χ0) is 10.2. The largest absolute Gasteiger partial charge is 0.330 e. The van der Waals surface area contributed by atoms with Gasteiger partial charge in [0.15, 0.2) is 0 Å². The lowest BCUT2D eigenvalue weighted by Gasteiger charge is -2.29. The summed E-state index contributed by atoms with van der Waals surface area (Å²) >= 11 is 0. The number of hydrogen-bond donors (Lipinski definition) is 3. The summed E-state index contributed by atoms with van der Waals surface area (Å²) in [7, 11) is 0. The number of rotatable bonds is 6. The first kappa shape index (κ1) is 11.9. The minimum Gasteiger partial charge on any atom is -0.330 e. The molecule has 0 saturated carbocycles. The van der Waals surface area contributed by atoms with Crippen molar-refractivity contribution in [2.45, 2.75) is 38.1 Å². The van der Waals surface area contributed by atoms with Crippen molar-refractivity contribution >= 4 is 0 Å². The SMILES string of the molecule is NCCCCCNC1CCN(N)CC1. The van der Waals surface area contributed by atoms with Gasteiger partial charge in [-0.1, -0.05) is 6.42 Å². The average molecular weight is 200 g/mol. The van der Waals surface area contributed by atoms with Crippen molar-refractivity contribution in [2.24, 2.45) is 11.6 Å². The minimum atomic E-state index is 0.688. The van der Waals surface area contributed by atoms with Gasteiger partial charge in [-0.15, -0.1) is 0 Å². The van der Waals surface area contributed by atoms with Crippen LogP contribution in [0.4, 0.5) is 0 Å². The van der Waals surface area contributed by atoms with Gasteiger partial charge in [-0.05, 0) is 38.8 Å². The van der Waals surface area contributed by atoms with Crippen molar-refractivity contribution in [3.8, 4) is 0 Å². The molecule has 0 aliphatic carbocycles. The molecule has 1 aliphatic heterocycles. The second-order valence-electron chi connectivity index (χ2n) is 4.11. The van der Waals surface area contributed by atoms with Crippen LogP contribution in [0.15, 0.2) is 0 Å². The van der Waals surface area contributed by atoms with E-state index < -0.39 is 0 Å². The van der Waals surface area contributed by atoms with Gasteiger partial charge in [0.25, 0.3) is 0 Å². The molecule has 4 nitrogen and oxygen atoms in total. The summed E-state index contributed by atoms with van der Waals surface area (Å²) in [5, 5.41) is 5.49. The molecule has 1 saturated heterocycles. The first-order valence-electron chi connectivity index (χ1n) is 5.76. The predicted octanol–water partition coefficient (Wildman–Crippen LogP) is 0.0431. The number of piperidine rings is 1. The molecule has 84 valence electrons. The molecule has 14 heavy (non-hydrogen) atoms. The molecule has 5 N–H and O–H groups in total. The lowest BCUT2D eigenvalue weighted by atomic mass is 10.1. The van der Waals surface area contributed by atoms with Crippen LogP contribution in [0.5, 0.6) is 0 Å². The van der Waals surface area contributed by atoms with E-state index in [1.54, 1.807) is 0 Å². The maximum absolute atomic E-state index is 5.68. The Morgan fingerprint density at radius 3 is 2.50 bits per heavy atom. The van der Waals surface area contributed by atoms with E-state index in [4.69, 9.17) is 11.6 Å². The molecule has 1 heterocycles. The van der Waals surface area contributed by atoms with Gasteiger partial charge in [-0.25, -0.2) is 5.01 Å². The lowest BCUT2D eigenvalue weighted by molar-refractivity contribution is 0.201. The molecule has 0 amide bonds. The Kier molecular flexibility index (Phi) is 6.10. The molecule has 1 rings (SSSR count). The van der Waals surface area contributed by atoms with Gasteiger partial charge in [0.05, 0.1) is 0 Å². The Hall–Kier alpha value is -0.160. The van der Waals surface area contributed by atoms with Crippen LogP contribution in [0.3, 0.4) is 0 Å². The first-order chi connectivity index (χ1) is 6.83. The van der Waals surface area contributed by atoms with Crippen molar-refractivity contribution in [3.05, 3.63) is 0 Å². The molecule has 0 aromatic heterocycles. The van der Waals surface area contributed by atoms with Gasteiger partial charge in [0, 0.05) is 19.1 Å². The molecular formula is C10H24N4. The fraction of sp³-hybridized carbons (Fsp3) is 1.00. The van der Waals surface area contributed by atoms with Gasteiger partial charge in [-0.2, -0.15) is 0 Å². The quantitative estimate of drug-likeness (QED) is 0.418. The van der Waals surface area contributed by atoms with Crippen molar-refractivity contribution in [1.29, 1.82) is 0 Å². The van der Waals surface area contributed by atoms with Gasteiger partial charge in [-0.3, -0.25) is 5.84 Å². The maximum atomic E-state index is 5.68. The maximum Gasteiger partial charge on any atom is 0.0143 e. The zero-order valence-electron chi connectivity index (χ0n) is 9.04. The van der Waals surface area contributed by atoms with Gasteiger partial charge in [0.1, 0.15) is 0 Å². The summed E-state index contributed by atoms with van der Waals surface area (Å²) in [4.78, 5) is 0. The predicted molar refractivity (Wildman–Crippen MR) is 59.7 cm³/mol. The fourth-order valence-corrected chi connectivity index (χ4v) is 1.86. The van der Waals surface area contributed by atoms with Crippen molar-refractivity contribution in [2.75, 3.05) is 26.2 Å². The van der Waals surface area contributed by atoms with Crippen molar-refractivity contribution in [3.63, 3.8) is 0 Å². The monoisotopic (exact) mass is 200 g/mol. The molecule has 0 radical (unpaired) electrons. The molecule has 1 aliphatic rings. The van der Waals surface area contributed by atoms with E-state index in [2.05, 4.69) is 5.32 Å². The molecule has 0 atom stereocenters. The Morgan fingerprint density at radius 2 is 1.86 bits per heavy atom. The summed E-state index contributed by atoms with van der Waals surface area (Å²) in [5.74, 6) is 5.68. The molecule has 0 spiro atoms. The molecule has 0 aromatic carbocycles. The van der Waals surface area contributed by atoms with E-state index in [1.807, 2.05) is 5.01 Å². The molecule has 0 bridgehead atoms. The number of nitrogens with zero attached hydrogens (tertiary/aromatic N) is 1. The van der Waals surface area contributed by atoms with Gasteiger partial charge >= 0.3 is 0 Å². The van der Waals surface area contributed by atoms with Crippen LogP contribution in [-0.4, -0.2) is 37.2 Å². The third kappa shape index (κ3) is 4.91. The Balaban J connectivity index is 1.91. The Morgan fingerprint density at radius 1 is 1.14 bits per heavy atom. The third-order valence-corrected chi connectivity index (χ3v) is 2.84. The number of hydrazine groups is 1. The molecule has 4 heteroatoms. The number of unbranched alkanes of at least 4 members (excludes halogenated alkanes) is 2. The van der Waals surface area contributed by atoms with Crippen molar-refractivity contribution < 1.29 is 0 Å². The summed E-state index contributed by atoms with van der Waals surface area (Å²) in [5.41, 5.74) is 5.43. The Labute approximate surface area is 87.0 Å². The topological polar surface area (TPSA) is 67.3 Å². The molecule has 1 fully saturated rings. The molecule has 0 unspecified atom stereocenters. The second-order valence-corrected chi connectivity index (χ2v) is 4.11. The van der Waals surface area contributed by atoms with E-state index in [-0.39, 0.29) is 0 Å². The van der Waals surface area contributed by atoms with Crippen LogP contribution in [0.1, 0.15) is 32.1 Å². The highest BCUT2D eigenvalue weighted by Crippen LogP contribution is 2.06. The first-order valence-corrected chi connectivity index (χ1v) is 5.76. The minimum absolute atomic E-state index is 0.688. The molecule has 0 aromatic rings. The molecular weight excluding hydrogens is 176 g/mol. The van der Waals surface area contributed by atoms with Gasteiger partial charge in [0.2, 0.25) is 0 Å². The van der Waals surface area contributed by atoms with Crippen LogP contribution in [0.2, 0.25) is 0 Å². The van der Waals surface area contributed by atoms with E-state index in [1.165, 1.54) is 25.7 Å².